The number of aromatic nitrogens is 1. The van der Waals surface area contributed by atoms with Gasteiger partial charge < -0.3 is 0 Å². The Morgan fingerprint density at radius 1 is 1.32 bits per heavy atom. The highest BCUT2D eigenvalue weighted by molar-refractivity contribution is 5.73. The maximum atomic E-state index is 8.54. The minimum atomic E-state index is 0.668. The number of pyridine rings is 1. The number of likely N-dealkylation sites (N-methyl/N-ethyl adjacent to an activating group) is 1. The van der Waals surface area contributed by atoms with Gasteiger partial charge in [0.1, 0.15) is 6.54 Å². The molecule has 0 N–H and O–H groups in total. The van der Waals surface area contributed by atoms with Crippen LogP contribution in [0.15, 0.2) is 42.9 Å². The number of hydrogen-bond acceptors (Lipinski definition) is 2. The molecule has 0 spiro atoms. The average Bonchev–Trinajstić information content (AvgIpc) is 2.46. The first-order valence-electron chi connectivity index (χ1n) is 6.74. The van der Waals surface area contributed by atoms with Crippen molar-refractivity contribution < 1.29 is 4.48 Å². The predicted octanol–water partition coefficient (Wildman–Crippen LogP) is 3.13. The molecule has 0 bridgehead atoms. The third-order valence-electron chi connectivity index (χ3n) is 3.56. The Morgan fingerprint density at radius 3 is 2.74 bits per heavy atom. The van der Waals surface area contributed by atoms with E-state index in [1.165, 1.54) is 11.1 Å². The Labute approximate surface area is 115 Å². The molecule has 0 amide bonds. The first-order valence-corrected chi connectivity index (χ1v) is 6.74. The highest BCUT2D eigenvalue weighted by atomic mass is 15.3. The molecule has 3 heteroatoms. The lowest BCUT2D eigenvalue weighted by molar-refractivity contribution is -0.854. The third kappa shape index (κ3) is 3.77. The van der Waals surface area contributed by atoms with Crippen molar-refractivity contribution in [1.29, 1.82) is 5.26 Å². The summed E-state index contributed by atoms with van der Waals surface area (Å²) in [5, 5.41) is 8.54. The van der Waals surface area contributed by atoms with E-state index in [9.17, 15) is 0 Å². The van der Waals surface area contributed by atoms with Gasteiger partial charge in [0.2, 0.25) is 0 Å². The molecule has 0 saturated carbocycles. The number of rotatable bonds is 5. The fourth-order valence-corrected chi connectivity index (χ4v) is 2.30. The molecule has 1 aromatic rings. The second-order valence-electron chi connectivity index (χ2n) is 5.21. The standard InChI is InChI=1S/C16H20N3/c1-19(12-4-2-3-9-17)13-7-16(8-14-19)15-5-10-18-11-6-15/h5-8,10-11,13H,2-4,12,14H2,1H3/q+1. The molecule has 1 aromatic heterocycles. The van der Waals surface area contributed by atoms with Gasteiger partial charge in [0, 0.05) is 18.8 Å². The molecule has 1 aliphatic rings. The van der Waals surface area contributed by atoms with Crippen molar-refractivity contribution in [1.82, 2.24) is 4.98 Å². The maximum Gasteiger partial charge on any atom is 0.102 e. The van der Waals surface area contributed by atoms with Crippen LogP contribution in [-0.2, 0) is 0 Å². The van der Waals surface area contributed by atoms with Gasteiger partial charge in [-0.1, -0.05) is 0 Å². The lowest BCUT2D eigenvalue weighted by Crippen LogP contribution is -2.40. The monoisotopic (exact) mass is 254 g/mol. The quantitative estimate of drug-likeness (QED) is 0.598. The summed E-state index contributed by atoms with van der Waals surface area (Å²) in [5.41, 5.74) is 2.50. The van der Waals surface area contributed by atoms with Crippen LogP contribution in [0.2, 0.25) is 0 Å². The summed E-state index contributed by atoms with van der Waals surface area (Å²) in [4.78, 5) is 4.05. The summed E-state index contributed by atoms with van der Waals surface area (Å²) in [6, 6.07) is 6.28. The smallest absolute Gasteiger partial charge is 0.102 e. The Bertz CT molecular complexity index is 511. The lowest BCUT2D eigenvalue weighted by Gasteiger charge is -2.31. The Hall–Kier alpha value is -1.92. The molecular weight excluding hydrogens is 234 g/mol. The van der Waals surface area contributed by atoms with Crippen LogP contribution < -0.4 is 0 Å². The van der Waals surface area contributed by atoms with Gasteiger partial charge in [-0.05, 0) is 48.3 Å². The maximum absolute atomic E-state index is 8.54. The summed E-state index contributed by atoms with van der Waals surface area (Å²) in [6.07, 6.45) is 13.2. The summed E-state index contributed by atoms with van der Waals surface area (Å²) in [6.45, 7) is 2.11. The molecule has 0 aliphatic carbocycles. The SMILES string of the molecule is C[N+]1(CCCCC#N)C=CC(c2ccncc2)=CC1. The van der Waals surface area contributed by atoms with E-state index in [-0.39, 0.29) is 0 Å². The highest BCUT2D eigenvalue weighted by Crippen LogP contribution is 2.22. The first-order chi connectivity index (χ1) is 9.23. The van der Waals surface area contributed by atoms with E-state index in [0.29, 0.717) is 6.42 Å². The molecule has 2 rings (SSSR count). The minimum absolute atomic E-state index is 0.668. The van der Waals surface area contributed by atoms with Gasteiger partial charge in [-0.25, -0.2) is 0 Å². The highest BCUT2D eigenvalue weighted by Gasteiger charge is 2.20. The van der Waals surface area contributed by atoms with Crippen molar-refractivity contribution in [2.45, 2.75) is 19.3 Å². The summed E-state index contributed by atoms with van der Waals surface area (Å²) in [5.74, 6) is 0. The fourth-order valence-electron chi connectivity index (χ4n) is 2.30. The second-order valence-corrected chi connectivity index (χ2v) is 5.21. The zero-order chi connectivity index (χ0) is 13.6. The van der Waals surface area contributed by atoms with Crippen molar-refractivity contribution in [2.24, 2.45) is 0 Å². The van der Waals surface area contributed by atoms with Crippen molar-refractivity contribution in [3.63, 3.8) is 0 Å². The van der Waals surface area contributed by atoms with Crippen molar-refractivity contribution in [3.8, 4) is 6.07 Å². The number of nitriles is 1. The zero-order valence-electron chi connectivity index (χ0n) is 11.4. The lowest BCUT2D eigenvalue weighted by atomic mass is 10.0. The van der Waals surface area contributed by atoms with E-state index in [4.69, 9.17) is 5.26 Å². The van der Waals surface area contributed by atoms with Crippen LogP contribution in [-0.4, -0.2) is 29.6 Å². The van der Waals surface area contributed by atoms with E-state index < -0.39 is 0 Å². The van der Waals surface area contributed by atoms with E-state index in [0.717, 1.165) is 30.4 Å². The molecule has 98 valence electrons. The number of hydrogen-bond donors (Lipinski definition) is 0. The van der Waals surface area contributed by atoms with Crippen LogP contribution in [0.5, 0.6) is 0 Å². The van der Waals surface area contributed by atoms with E-state index >= 15 is 0 Å². The van der Waals surface area contributed by atoms with Gasteiger partial charge in [-0.3, -0.25) is 9.47 Å². The average molecular weight is 254 g/mol. The molecule has 19 heavy (non-hydrogen) atoms. The van der Waals surface area contributed by atoms with Gasteiger partial charge in [-0.15, -0.1) is 0 Å². The predicted molar refractivity (Wildman–Crippen MR) is 76.7 cm³/mol. The van der Waals surface area contributed by atoms with Gasteiger partial charge >= 0.3 is 0 Å². The van der Waals surface area contributed by atoms with Gasteiger partial charge in [-0.2, -0.15) is 5.26 Å². The third-order valence-corrected chi connectivity index (χ3v) is 3.56. The fraction of sp³-hybridized carbons (Fsp3) is 0.375. The molecular formula is C16H20N3+. The van der Waals surface area contributed by atoms with Gasteiger partial charge in [0.05, 0.1) is 25.9 Å². The van der Waals surface area contributed by atoms with Gasteiger partial charge in [0.25, 0.3) is 0 Å². The van der Waals surface area contributed by atoms with E-state index in [1.54, 1.807) is 0 Å². The van der Waals surface area contributed by atoms with Crippen molar-refractivity contribution in [3.05, 3.63) is 48.4 Å². The Kier molecular flexibility index (Phi) is 4.48. The zero-order valence-corrected chi connectivity index (χ0v) is 11.4. The molecule has 1 unspecified atom stereocenters. The van der Waals surface area contributed by atoms with E-state index in [1.807, 2.05) is 24.5 Å². The van der Waals surface area contributed by atoms with Crippen LogP contribution >= 0.6 is 0 Å². The Balaban J connectivity index is 1.93. The topological polar surface area (TPSA) is 36.7 Å². The van der Waals surface area contributed by atoms with Crippen molar-refractivity contribution in [2.75, 3.05) is 20.1 Å². The molecule has 2 heterocycles. The summed E-state index contributed by atoms with van der Waals surface area (Å²) >= 11 is 0. The molecule has 0 aromatic carbocycles. The van der Waals surface area contributed by atoms with Gasteiger partial charge in [0.15, 0.2) is 0 Å². The molecule has 0 radical (unpaired) electrons. The first kappa shape index (κ1) is 13.5. The minimum Gasteiger partial charge on any atom is -0.296 e. The van der Waals surface area contributed by atoms with Crippen LogP contribution in [0.4, 0.5) is 0 Å². The molecule has 1 aliphatic heterocycles. The largest absolute Gasteiger partial charge is 0.296 e. The molecule has 0 saturated heterocycles. The number of allylic oxidation sites excluding steroid dienone is 2. The summed E-state index contributed by atoms with van der Waals surface area (Å²) in [7, 11) is 2.24. The number of quaternary nitrogens is 1. The number of unbranched alkanes of at least 4 members (excludes halogenated alkanes) is 2. The number of nitrogens with zero attached hydrogens (tertiary/aromatic N) is 3. The molecule has 0 fully saturated rings. The van der Waals surface area contributed by atoms with Crippen LogP contribution in [0.1, 0.15) is 24.8 Å². The molecule has 3 nitrogen and oxygen atoms in total. The van der Waals surface area contributed by atoms with Crippen molar-refractivity contribution >= 4 is 5.57 Å². The molecule has 1 atom stereocenters. The van der Waals surface area contributed by atoms with Crippen LogP contribution in [0.3, 0.4) is 0 Å². The van der Waals surface area contributed by atoms with E-state index in [2.05, 4.69) is 36.5 Å². The van der Waals surface area contributed by atoms with Crippen LogP contribution in [0.25, 0.3) is 5.57 Å². The second kappa shape index (κ2) is 6.31. The Morgan fingerprint density at radius 2 is 2.11 bits per heavy atom. The summed E-state index contributed by atoms with van der Waals surface area (Å²) < 4.78 is 0.931. The normalized spacial score (nSPS) is 21.8. The van der Waals surface area contributed by atoms with Crippen LogP contribution in [0, 0.1) is 11.3 Å².